The third kappa shape index (κ3) is 4.00. The second-order valence-corrected chi connectivity index (χ2v) is 11.8. The van der Waals surface area contributed by atoms with E-state index in [0.717, 1.165) is 43.6 Å². The molecule has 6 fully saturated rings. The lowest BCUT2D eigenvalue weighted by Gasteiger charge is -2.56. The summed E-state index contributed by atoms with van der Waals surface area (Å²) in [4.78, 5) is 24.5. The van der Waals surface area contributed by atoms with Crippen LogP contribution in [-0.2, 0) is 23.8 Å². The summed E-state index contributed by atoms with van der Waals surface area (Å²) in [5, 5.41) is 0. The Morgan fingerprint density at radius 2 is 1.59 bits per heavy atom. The molecule has 0 aromatic rings. The molecule has 0 N–H and O–H groups in total. The number of carbonyl (C=O) groups excluding carboxylic acids is 2. The summed E-state index contributed by atoms with van der Waals surface area (Å²) in [6.45, 7) is 4.43. The van der Waals surface area contributed by atoms with Gasteiger partial charge in [0.1, 0.15) is 6.10 Å². The lowest BCUT2D eigenvalue weighted by Crippen LogP contribution is -2.48. The Balaban J connectivity index is 1.09. The molecule has 0 aromatic carbocycles. The first-order valence-corrected chi connectivity index (χ1v) is 12.3. The number of carbonyl (C=O) groups is 2. The zero-order chi connectivity index (χ0) is 20.2. The summed E-state index contributed by atoms with van der Waals surface area (Å²) >= 11 is 1.88. The van der Waals surface area contributed by atoms with Crippen molar-refractivity contribution in [3.63, 3.8) is 0 Å². The molecule has 160 valence electrons. The average molecular weight is 514 g/mol. The number of esters is 2. The Kier molecular flexibility index (Phi) is 5.46. The summed E-state index contributed by atoms with van der Waals surface area (Å²) in [6, 6.07) is 0. The van der Waals surface area contributed by atoms with Gasteiger partial charge < -0.3 is 14.2 Å². The molecule has 0 spiro atoms. The maximum Gasteiger partial charge on any atom is 0.344 e. The van der Waals surface area contributed by atoms with Crippen LogP contribution in [0.3, 0.4) is 0 Å². The van der Waals surface area contributed by atoms with Crippen molar-refractivity contribution in [3.8, 4) is 0 Å². The van der Waals surface area contributed by atoms with Crippen molar-refractivity contribution >= 4 is 34.5 Å². The van der Waals surface area contributed by atoms with Gasteiger partial charge in [0.15, 0.2) is 6.79 Å². The summed E-state index contributed by atoms with van der Waals surface area (Å²) in [5.74, 6) is 2.52. The van der Waals surface area contributed by atoms with Gasteiger partial charge in [-0.25, -0.2) is 4.79 Å². The summed E-state index contributed by atoms with van der Waals surface area (Å²) < 4.78 is 17.4. The molecule has 6 rings (SSSR count). The van der Waals surface area contributed by atoms with E-state index in [1.165, 1.54) is 38.5 Å². The monoisotopic (exact) mass is 514 g/mol. The van der Waals surface area contributed by atoms with Crippen LogP contribution in [0, 0.1) is 40.9 Å². The smallest absolute Gasteiger partial charge is 0.344 e. The van der Waals surface area contributed by atoms with E-state index in [9.17, 15) is 9.59 Å². The number of hydrogen-bond acceptors (Lipinski definition) is 5. The number of hydrogen-bond donors (Lipinski definition) is 0. The standard InChI is InChI=1S/C23H31IO5/c1-13(24)21(25)29-20-7-14-5-18(20)19(6-14)22(26)28-12-27-11-23-8-15-2-16(9-23)4-17(3-15)10-23/h14-20H,1-12H2. The minimum absolute atomic E-state index is 0.0590. The van der Waals surface area contributed by atoms with Crippen LogP contribution >= 0.6 is 22.6 Å². The number of halogens is 1. The van der Waals surface area contributed by atoms with Gasteiger partial charge in [-0.1, -0.05) is 6.58 Å². The zero-order valence-corrected chi connectivity index (χ0v) is 19.1. The van der Waals surface area contributed by atoms with E-state index in [4.69, 9.17) is 14.2 Å². The minimum Gasteiger partial charge on any atom is -0.458 e. The van der Waals surface area contributed by atoms with Gasteiger partial charge in [-0.05, 0) is 109 Å². The van der Waals surface area contributed by atoms with Crippen LogP contribution in [0.25, 0.3) is 0 Å². The molecule has 0 aromatic heterocycles. The fourth-order valence-corrected chi connectivity index (χ4v) is 7.95. The third-order valence-corrected chi connectivity index (χ3v) is 8.83. The van der Waals surface area contributed by atoms with E-state index in [1.54, 1.807) is 0 Å². The normalized spacial score (nSPS) is 44.1. The second-order valence-electron chi connectivity index (χ2n) is 10.5. The molecule has 6 aliphatic rings. The molecule has 4 unspecified atom stereocenters. The lowest BCUT2D eigenvalue weighted by molar-refractivity contribution is -0.175. The highest BCUT2D eigenvalue weighted by atomic mass is 127. The molecule has 6 saturated carbocycles. The Morgan fingerprint density at radius 3 is 2.17 bits per heavy atom. The van der Waals surface area contributed by atoms with Crippen LogP contribution in [0.4, 0.5) is 0 Å². The minimum atomic E-state index is -0.367. The third-order valence-electron chi connectivity index (χ3n) is 8.39. The second kappa shape index (κ2) is 7.81. The molecular formula is C23H31IO5. The van der Waals surface area contributed by atoms with Crippen LogP contribution in [0.2, 0.25) is 0 Å². The Labute approximate surface area is 186 Å². The molecule has 0 amide bonds. The molecule has 6 bridgehead atoms. The van der Waals surface area contributed by atoms with E-state index in [1.807, 2.05) is 22.6 Å². The van der Waals surface area contributed by atoms with E-state index in [-0.39, 0.29) is 36.7 Å². The Bertz CT molecular complexity index is 668. The molecular weight excluding hydrogens is 483 g/mol. The molecule has 29 heavy (non-hydrogen) atoms. The van der Waals surface area contributed by atoms with Gasteiger partial charge in [0.2, 0.25) is 0 Å². The molecule has 4 atom stereocenters. The van der Waals surface area contributed by atoms with Crippen molar-refractivity contribution in [1.82, 2.24) is 0 Å². The molecule has 6 aliphatic carbocycles. The number of fused-ring (bicyclic) bond motifs is 2. The van der Waals surface area contributed by atoms with E-state index in [0.29, 0.717) is 14.9 Å². The fourth-order valence-electron chi connectivity index (χ4n) is 7.83. The molecule has 0 aliphatic heterocycles. The predicted octanol–water partition coefficient (Wildman–Crippen LogP) is 4.63. The summed E-state index contributed by atoms with van der Waals surface area (Å²) in [7, 11) is 0. The molecule has 0 saturated heterocycles. The zero-order valence-electron chi connectivity index (χ0n) is 16.9. The van der Waals surface area contributed by atoms with Crippen molar-refractivity contribution in [2.75, 3.05) is 13.4 Å². The van der Waals surface area contributed by atoms with Crippen LogP contribution in [0.1, 0.15) is 57.8 Å². The SMILES string of the molecule is C=C(I)C(=O)OC1CC2CC(C(=O)OCOCC34CC5CC(CC(C5)C3)C4)C1C2. The first-order chi connectivity index (χ1) is 13.9. The van der Waals surface area contributed by atoms with Gasteiger partial charge in [0.05, 0.1) is 16.1 Å². The van der Waals surface area contributed by atoms with Crippen molar-refractivity contribution in [3.05, 3.63) is 10.2 Å². The first-order valence-electron chi connectivity index (χ1n) is 11.2. The molecule has 5 nitrogen and oxygen atoms in total. The van der Waals surface area contributed by atoms with Crippen molar-refractivity contribution in [2.24, 2.45) is 40.9 Å². The highest BCUT2D eigenvalue weighted by Gasteiger charge is 2.52. The highest BCUT2D eigenvalue weighted by Crippen LogP contribution is 2.60. The average Bonchev–Trinajstić information content (AvgIpc) is 3.24. The van der Waals surface area contributed by atoms with E-state index < -0.39 is 0 Å². The fraction of sp³-hybridized carbons (Fsp3) is 0.826. The van der Waals surface area contributed by atoms with Gasteiger partial charge >= 0.3 is 11.9 Å². The van der Waals surface area contributed by atoms with Crippen LogP contribution in [0.5, 0.6) is 0 Å². The maximum absolute atomic E-state index is 12.7. The van der Waals surface area contributed by atoms with Gasteiger partial charge in [0, 0.05) is 5.92 Å². The maximum atomic E-state index is 12.7. The van der Waals surface area contributed by atoms with Gasteiger partial charge in [-0.2, -0.15) is 0 Å². The van der Waals surface area contributed by atoms with Crippen molar-refractivity contribution < 1.29 is 23.8 Å². The largest absolute Gasteiger partial charge is 0.458 e. The van der Waals surface area contributed by atoms with Crippen LogP contribution < -0.4 is 0 Å². The van der Waals surface area contributed by atoms with Crippen molar-refractivity contribution in [1.29, 1.82) is 0 Å². The Hall–Kier alpha value is -0.630. The number of ether oxygens (including phenoxy) is 3. The quantitative estimate of drug-likeness (QED) is 0.163. The molecule has 6 heteroatoms. The molecule has 0 heterocycles. The summed E-state index contributed by atoms with van der Waals surface area (Å²) in [6.07, 6.45) is 10.6. The van der Waals surface area contributed by atoms with Gasteiger partial charge in [-0.15, -0.1) is 0 Å². The van der Waals surface area contributed by atoms with Crippen LogP contribution in [0.15, 0.2) is 10.2 Å². The van der Waals surface area contributed by atoms with Gasteiger partial charge in [-0.3, -0.25) is 4.79 Å². The first kappa shape index (κ1) is 20.3. The topological polar surface area (TPSA) is 61.8 Å². The number of rotatable bonds is 7. The Morgan fingerprint density at radius 1 is 0.931 bits per heavy atom. The molecule has 0 radical (unpaired) electrons. The van der Waals surface area contributed by atoms with E-state index in [2.05, 4.69) is 6.58 Å². The van der Waals surface area contributed by atoms with Crippen molar-refractivity contribution in [2.45, 2.75) is 63.9 Å². The van der Waals surface area contributed by atoms with Crippen LogP contribution in [-0.4, -0.2) is 31.4 Å². The summed E-state index contributed by atoms with van der Waals surface area (Å²) in [5.41, 5.74) is 0.342. The van der Waals surface area contributed by atoms with Gasteiger partial charge in [0.25, 0.3) is 0 Å². The highest BCUT2D eigenvalue weighted by molar-refractivity contribution is 14.1. The predicted molar refractivity (Wildman–Crippen MR) is 115 cm³/mol. The van der Waals surface area contributed by atoms with E-state index >= 15 is 0 Å². The lowest BCUT2D eigenvalue weighted by atomic mass is 9.50.